The van der Waals surface area contributed by atoms with Gasteiger partial charge in [-0.05, 0) is 40.0 Å². The molecule has 3 nitrogen and oxygen atoms in total. The molecule has 0 aromatic heterocycles. The highest BCUT2D eigenvalue weighted by Crippen LogP contribution is 2.29. The number of amides is 1. The summed E-state index contributed by atoms with van der Waals surface area (Å²) in [5.74, 6) is 0.888. The van der Waals surface area contributed by atoms with E-state index in [0.717, 1.165) is 18.9 Å². The fraction of sp³-hybridized carbons (Fsp3) is 0.933. The second-order valence-corrected chi connectivity index (χ2v) is 6.90. The van der Waals surface area contributed by atoms with Gasteiger partial charge in [-0.1, -0.05) is 32.1 Å². The first-order valence-electron chi connectivity index (χ1n) is 7.32. The van der Waals surface area contributed by atoms with Crippen molar-refractivity contribution in [3.05, 3.63) is 0 Å². The number of carbonyl (C=O) groups excluding carboxylic acids is 1. The van der Waals surface area contributed by atoms with Gasteiger partial charge in [-0.2, -0.15) is 0 Å². The summed E-state index contributed by atoms with van der Waals surface area (Å²) in [6.07, 6.45) is 7.90. The Morgan fingerprint density at radius 3 is 2.22 bits per heavy atom. The van der Waals surface area contributed by atoms with Gasteiger partial charge in [0.15, 0.2) is 0 Å². The topological polar surface area (TPSA) is 55.1 Å². The van der Waals surface area contributed by atoms with Crippen molar-refractivity contribution < 1.29 is 4.79 Å². The summed E-state index contributed by atoms with van der Waals surface area (Å²) in [4.78, 5) is 12.2. The van der Waals surface area contributed by atoms with Crippen LogP contribution in [-0.2, 0) is 4.79 Å². The van der Waals surface area contributed by atoms with E-state index in [1.165, 1.54) is 32.1 Å². The third kappa shape index (κ3) is 3.98. The molecule has 3 heteroatoms. The molecule has 18 heavy (non-hydrogen) atoms. The molecule has 1 fully saturated rings. The third-order valence-electron chi connectivity index (χ3n) is 4.74. The predicted octanol–water partition coefficient (Wildman–Crippen LogP) is 2.84. The molecule has 0 saturated heterocycles. The van der Waals surface area contributed by atoms with Gasteiger partial charge in [-0.15, -0.1) is 0 Å². The molecule has 0 spiro atoms. The van der Waals surface area contributed by atoms with Crippen molar-refractivity contribution in [2.75, 3.05) is 6.54 Å². The van der Waals surface area contributed by atoms with Crippen LogP contribution in [0.25, 0.3) is 0 Å². The zero-order valence-corrected chi connectivity index (χ0v) is 12.5. The van der Waals surface area contributed by atoms with E-state index < -0.39 is 11.0 Å². The first-order chi connectivity index (χ1) is 8.25. The second-order valence-electron chi connectivity index (χ2n) is 6.90. The Morgan fingerprint density at radius 2 is 1.72 bits per heavy atom. The van der Waals surface area contributed by atoms with E-state index >= 15 is 0 Å². The van der Waals surface area contributed by atoms with Gasteiger partial charge in [-0.3, -0.25) is 4.79 Å². The molecule has 0 aromatic rings. The molecular formula is C15H30N2O. The van der Waals surface area contributed by atoms with Crippen molar-refractivity contribution in [1.29, 1.82) is 0 Å². The number of nitrogens with one attached hydrogen (secondary N) is 1. The quantitative estimate of drug-likeness (QED) is 0.792. The van der Waals surface area contributed by atoms with Crippen molar-refractivity contribution in [1.82, 2.24) is 5.32 Å². The Labute approximate surface area is 112 Å². The van der Waals surface area contributed by atoms with Crippen LogP contribution in [0.1, 0.15) is 66.2 Å². The molecule has 1 amide bonds. The van der Waals surface area contributed by atoms with Crippen molar-refractivity contribution in [3.63, 3.8) is 0 Å². The molecule has 1 rings (SSSR count). The molecular weight excluding hydrogens is 224 g/mol. The molecule has 106 valence electrons. The van der Waals surface area contributed by atoms with Crippen LogP contribution in [0.3, 0.4) is 0 Å². The molecule has 0 aromatic carbocycles. The predicted molar refractivity (Wildman–Crippen MR) is 76.2 cm³/mol. The summed E-state index contributed by atoms with van der Waals surface area (Å²) in [7, 11) is 0. The minimum absolute atomic E-state index is 0.0748. The van der Waals surface area contributed by atoms with Gasteiger partial charge in [0.05, 0.1) is 5.41 Å². The van der Waals surface area contributed by atoms with E-state index in [-0.39, 0.29) is 5.91 Å². The van der Waals surface area contributed by atoms with Crippen molar-refractivity contribution >= 4 is 5.91 Å². The average molecular weight is 254 g/mol. The lowest BCUT2D eigenvalue weighted by Crippen LogP contribution is -2.55. The maximum atomic E-state index is 12.2. The summed E-state index contributed by atoms with van der Waals surface area (Å²) < 4.78 is 0. The highest BCUT2D eigenvalue weighted by molar-refractivity contribution is 5.83. The summed E-state index contributed by atoms with van der Waals surface area (Å²) in [6.45, 7) is 8.45. The van der Waals surface area contributed by atoms with Gasteiger partial charge in [0, 0.05) is 12.1 Å². The van der Waals surface area contributed by atoms with Crippen molar-refractivity contribution in [3.8, 4) is 0 Å². The lowest BCUT2D eigenvalue weighted by molar-refractivity contribution is -0.132. The van der Waals surface area contributed by atoms with Gasteiger partial charge in [0.2, 0.25) is 5.91 Å². The minimum atomic E-state index is -0.528. The van der Waals surface area contributed by atoms with E-state index in [9.17, 15) is 4.79 Å². The Balaban J connectivity index is 2.32. The first-order valence-corrected chi connectivity index (χ1v) is 7.32. The fourth-order valence-corrected chi connectivity index (χ4v) is 2.38. The van der Waals surface area contributed by atoms with Crippen LogP contribution < -0.4 is 11.1 Å². The van der Waals surface area contributed by atoms with Crippen LogP contribution in [0.4, 0.5) is 0 Å². The summed E-state index contributed by atoms with van der Waals surface area (Å²) in [6, 6.07) is 0. The number of nitrogens with two attached hydrogens (primary N) is 1. The number of hydrogen-bond donors (Lipinski definition) is 2. The van der Waals surface area contributed by atoms with Gasteiger partial charge in [-0.25, -0.2) is 0 Å². The SMILES string of the molecule is CC(C)(N)C(C)(C)C(=O)NCCC1CCCCC1. The van der Waals surface area contributed by atoms with Crippen LogP contribution in [0.15, 0.2) is 0 Å². The van der Waals surface area contributed by atoms with E-state index in [4.69, 9.17) is 5.73 Å². The summed E-state index contributed by atoms with van der Waals surface area (Å²) in [5.41, 5.74) is 5.04. The molecule has 1 aliphatic rings. The zero-order valence-electron chi connectivity index (χ0n) is 12.5. The lowest BCUT2D eigenvalue weighted by Gasteiger charge is -2.37. The lowest BCUT2D eigenvalue weighted by atomic mass is 9.74. The van der Waals surface area contributed by atoms with Gasteiger partial charge in [0.25, 0.3) is 0 Å². The minimum Gasteiger partial charge on any atom is -0.356 e. The van der Waals surface area contributed by atoms with Gasteiger partial charge in [0.1, 0.15) is 0 Å². The molecule has 0 bridgehead atoms. The van der Waals surface area contributed by atoms with E-state index in [0.29, 0.717) is 0 Å². The van der Waals surface area contributed by atoms with Crippen LogP contribution in [-0.4, -0.2) is 18.0 Å². The Kier molecular flexibility index (Phi) is 5.20. The molecule has 0 heterocycles. The molecule has 0 aliphatic heterocycles. The average Bonchev–Trinajstić information content (AvgIpc) is 2.28. The normalized spacial score (nSPS) is 18.7. The Morgan fingerprint density at radius 1 is 1.17 bits per heavy atom. The van der Waals surface area contributed by atoms with E-state index in [1.807, 2.05) is 27.7 Å². The first kappa shape index (κ1) is 15.5. The van der Waals surface area contributed by atoms with Crippen LogP contribution >= 0.6 is 0 Å². The molecule has 0 atom stereocenters. The molecule has 1 saturated carbocycles. The molecule has 3 N–H and O–H groups in total. The monoisotopic (exact) mass is 254 g/mol. The summed E-state index contributed by atoms with van der Waals surface area (Å²) >= 11 is 0. The number of carbonyl (C=O) groups is 1. The number of hydrogen-bond acceptors (Lipinski definition) is 2. The van der Waals surface area contributed by atoms with Crippen LogP contribution in [0, 0.1) is 11.3 Å². The highest BCUT2D eigenvalue weighted by atomic mass is 16.2. The van der Waals surface area contributed by atoms with E-state index in [1.54, 1.807) is 0 Å². The fourth-order valence-electron chi connectivity index (χ4n) is 2.38. The van der Waals surface area contributed by atoms with Crippen molar-refractivity contribution in [2.24, 2.45) is 17.1 Å². The molecule has 1 aliphatic carbocycles. The second kappa shape index (κ2) is 6.05. The molecule has 0 radical (unpaired) electrons. The zero-order chi connectivity index (χ0) is 13.8. The Bertz CT molecular complexity index is 273. The van der Waals surface area contributed by atoms with Crippen LogP contribution in [0.5, 0.6) is 0 Å². The van der Waals surface area contributed by atoms with E-state index in [2.05, 4.69) is 5.32 Å². The van der Waals surface area contributed by atoms with Gasteiger partial charge < -0.3 is 11.1 Å². The van der Waals surface area contributed by atoms with Crippen molar-refractivity contribution in [2.45, 2.75) is 71.8 Å². The standard InChI is InChI=1S/C15H30N2O/c1-14(2,15(3,4)16)13(18)17-11-10-12-8-6-5-7-9-12/h12H,5-11,16H2,1-4H3,(H,17,18). The van der Waals surface area contributed by atoms with Crippen LogP contribution in [0.2, 0.25) is 0 Å². The smallest absolute Gasteiger partial charge is 0.227 e. The summed E-state index contributed by atoms with van der Waals surface area (Å²) in [5, 5.41) is 3.06. The Hall–Kier alpha value is -0.570. The number of rotatable bonds is 5. The third-order valence-corrected chi connectivity index (χ3v) is 4.74. The van der Waals surface area contributed by atoms with Gasteiger partial charge >= 0.3 is 0 Å². The maximum Gasteiger partial charge on any atom is 0.227 e. The maximum absolute atomic E-state index is 12.2. The highest BCUT2D eigenvalue weighted by Gasteiger charge is 2.40. The largest absolute Gasteiger partial charge is 0.356 e. The molecule has 0 unspecified atom stereocenters.